The second-order valence-electron chi connectivity index (χ2n) is 12.5. The normalized spacial score (nSPS) is 35.6. The monoisotopic (exact) mass is 640 g/mol. The lowest BCUT2D eigenvalue weighted by Crippen LogP contribution is -2.73. The number of rotatable bonds is 8. The van der Waals surface area contributed by atoms with Crippen LogP contribution in [-0.4, -0.2) is 57.2 Å². The van der Waals surface area contributed by atoms with E-state index in [9.17, 15) is 10.4 Å². The van der Waals surface area contributed by atoms with E-state index in [1.807, 2.05) is 30.3 Å². The van der Waals surface area contributed by atoms with Gasteiger partial charge in [0, 0.05) is 6.42 Å². The number of alkyl halides is 1. The number of halogens is 1. The fraction of sp³-hybridized carbons (Fsp3) is 0.750. The van der Waals surface area contributed by atoms with E-state index in [-0.39, 0.29) is 35.2 Å². The molecule has 3 saturated heterocycles. The van der Waals surface area contributed by atoms with Crippen molar-refractivity contribution < 1.29 is 27.6 Å². The molecule has 0 radical (unpaired) electrons. The summed E-state index contributed by atoms with van der Waals surface area (Å²) in [4.78, 5) is 5.73. The maximum Gasteiger partial charge on any atom is 0.335 e. The number of hydrogen-bond donors (Lipinski definition) is 2. The molecule has 0 amide bonds. The first-order chi connectivity index (χ1) is 18.3. The first kappa shape index (κ1) is 31.3. The molecule has 8 nitrogen and oxygen atoms in total. The maximum atomic E-state index is 11.1. The number of hydroxylamine groups is 1. The Balaban J connectivity index is 1.88. The number of ether oxygens (including phenoxy) is 1. The molecule has 218 valence electrons. The van der Waals surface area contributed by atoms with Crippen LogP contribution in [0, 0.1) is 17.2 Å². The standard InChI is InChI=1S/C28H45BrN2O6Si2/c1-17(2)38(18(3)4)35-26-25-24(29)22(15-30)28(14-23(32)34-25,31-33-16-21-12-10-9-11-13-21)27(26)36-39(37-38,19(5)6)20(7)8/h9-13,17-20,22-27,31-32H,14,16H2,1-8H3/t22-,23-,24?,25?,26-,27?,28-/m1/s1. The molecule has 2 bridgehead atoms. The van der Waals surface area contributed by atoms with Gasteiger partial charge in [-0.3, -0.25) is 4.84 Å². The number of benzene rings is 1. The van der Waals surface area contributed by atoms with Crippen molar-refractivity contribution in [3.8, 4) is 6.07 Å². The third kappa shape index (κ3) is 5.35. The molecule has 0 spiro atoms. The fourth-order valence-electron chi connectivity index (χ4n) is 6.75. The minimum Gasteiger partial charge on any atom is -0.414 e. The Morgan fingerprint density at radius 2 is 1.56 bits per heavy atom. The molecule has 7 atom stereocenters. The van der Waals surface area contributed by atoms with Crippen LogP contribution in [0.2, 0.25) is 22.2 Å². The van der Waals surface area contributed by atoms with E-state index in [4.69, 9.17) is 22.5 Å². The van der Waals surface area contributed by atoms with Crippen molar-refractivity contribution in [1.82, 2.24) is 5.48 Å². The van der Waals surface area contributed by atoms with E-state index in [2.05, 4.69) is 82.9 Å². The predicted molar refractivity (Wildman–Crippen MR) is 157 cm³/mol. The number of aliphatic hydroxyl groups excluding tert-OH is 1. The van der Waals surface area contributed by atoms with Crippen LogP contribution in [0.5, 0.6) is 0 Å². The van der Waals surface area contributed by atoms with Crippen LogP contribution in [0.15, 0.2) is 30.3 Å². The Morgan fingerprint density at radius 3 is 2.10 bits per heavy atom. The van der Waals surface area contributed by atoms with Crippen molar-refractivity contribution in [1.29, 1.82) is 5.26 Å². The molecule has 1 aromatic carbocycles. The lowest BCUT2D eigenvalue weighted by molar-refractivity contribution is -0.163. The third-order valence-electron chi connectivity index (χ3n) is 8.80. The summed E-state index contributed by atoms with van der Waals surface area (Å²) >= 11 is 3.80. The van der Waals surface area contributed by atoms with Crippen molar-refractivity contribution in [2.45, 2.75) is 126 Å². The van der Waals surface area contributed by atoms with Gasteiger partial charge in [0.25, 0.3) is 0 Å². The molecular weight excluding hydrogens is 596 g/mol. The van der Waals surface area contributed by atoms with Gasteiger partial charge in [-0.25, -0.2) is 0 Å². The Morgan fingerprint density at radius 1 is 1.00 bits per heavy atom. The molecule has 11 heteroatoms. The smallest absolute Gasteiger partial charge is 0.335 e. The molecular formula is C28H45BrN2O6Si2. The Hall–Kier alpha value is -0.656. The summed E-state index contributed by atoms with van der Waals surface area (Å²) in [6, 6.07) is 12.4. The highest BCUT2D eigenvalue weighted by molar-refractivity contribution is 9.09. The van der Waals surface area contributed by atoms with Crippen molar-refractivity contribution in [2.24, 2.45) is 5.92 Å². The van der Waals surface area contributed by atoms with Crippen LogP contribution in [0.4, 0.5) is 0 Å². The molecule has 3 heterocycles. The van der Waals surface area contributed by atoms with Gasteiger partial charge in [0.1, 0.15) is 12.2 Å². The van der Waals surface area contributed by atoms with Gasteiger partial charge in [-0.05, 0) is 27.7 Å². The summed E-state index contributed by atoms with van der Waals surface area (Å²) in [6.07, 6.45) is -2.80. The van der Waals surface area contributed by atoms with Gasteiger partial charge in [0.05, 0.1) is 35.1 Å². The Bertz CT molecular complexity index is 1010. The van der Waals surface area contributed by atoms with Crippen molar-refractivity contribution in [2.75, 3.05) is 0 Å². The van der Waals surface area contributed by atoms with Crippen molar-refractivity contribution in [3.05, 3.63) is 35.9 Å². The lowest BCUT2D eigenvalue weighted by Gasteiger charge is -2.53. The van der Waals surface area contributed by atoms with Gasteiger partial charge in [-0.15, -0.1) is 0 Å². The van der Waals surface area contributed by atoms with E-state index in [0.29, 0.717) is 0 Å². The second kappa shape index (κ2) is 11.9. The molecule has 1 aliphatic carbocycles. The summed E-state index contributed by atoms with van der Waals surface area (Å²) in [7, 11) is -5.89. The molecule has 1 aromatic rings. The van der Waals surface area contributed by atoms with Gasteiger partial charge < -0.3 is 22.8 Å². The van der Waals surface area contributed by atoms with Gasteiger partial charge in [-0.1, -0.05) is 102 Å². The highest BCUT2D eigenvalue weighted by Crippen LogP contribution is 2.55. The summed E-state index contributed by atoms with van der Waals surface area (Å²) in [5.41, 5.74) is 3.71. The number of hydrogen-bond acceptors (Lipinski definition) is 8. The number of aliphatic hydroxyl groups is 1. The van der Waals surface area contributed by atoms with Crippen LogP contribution >= 0.6 is 15.9 Å². The Labute approximate surface area is 244 Å². The van der Waals surface area contributed by atoms with E-state index < -0.39 is 58.0 Å². The van der Waals surface area contributed by atoms with Crippen LogP contribution in [0.1, 0.15) is 67.4 Å². The molecule has 3 aliphatic heterocycles. The van der Waals surface area contributed by atoms with Crippen molar-refractivity contribution >= 4 is 33.1 Å². The molecule has 5 rings (SSSR count). The molecule has 3 unspecified atom stereocenters. The third-order valence-corrected chi connectivity index (χ3v) is 20.1. The van der Waals surface area contributed by atoms with E-state index in [1.54, 1.807) is 0 Å². The first-order valence-corrected chi connectivity index (χ1v) is 19.1. The molecule has 4 fully saturated rings. The number of fused-ring (bicyclic) bond motifs is 3. The predicted octanol–water partition coefficient (Wildman–Crippen LogP) is 5.80. The van der Waals surface area contributed by atoms with E-state index >= 15 is 0 Å². The van der Waals surface area contributed by atoms with Crippen LogP contribution < -0.4 is 5.48 Å². The zero-order valence-corrected chi connectivity index (χ0v) is 28.0. The zero-order valence-electron chi connectivity index (χ0n) is 24.4. The second-order valence-corrected chi connectivity index (χ2v) is 22.4. The minimum atomic E-state index is -2.97. The van der Waals surface area contributed by atoms with Gasteiger partial charge in [-0.2, -0.15) is 10.7 Å². The Kier molecular flexibility index (Phi) is 9.56. The minimum absolute atomic E-state index is 0.113. The van der Waals surface area contributed by atoms with Crippen LogP contribution in [-0.2, 0) is 29.1 Å². The molecule has 2 N–H and O–H groups in total. The van der Waals surface area contributed by atoms with Crippen molar-refractivity contribution in [3.63, 3.8) is 0 Å². The average Bonchev–Trinajstić information content (AvgIpc) is 3.16. The average molecular weight is 642 g/mol. The molecule has 4 aliphatic rings. The van der Waals surface area contributed by atoms with Crippen LogP contribution in [0.3, 0.4) is 0 Å². The highest BCUT2D eigenvalue weighted by atomic mass is 79.9. The maximum absolute atomic E-state index is 11.1. The summed E-state index contributed by atoms with van der Waals surface area (Å²) < 4.78 is 28.2. The van der Waals surface area contributed by atoms with Crippen LogP contribution in [0.25, 0.3) is 0 Å². The summed E-state index contributed by atoms with van der Waals surface area (Å²) in [6.45, 7) is 17.7. The van der Waals surface area contributed by atoms with Gasteiger partial charge in [0.2, 0.25) is 0 Å². The lowest BCUT2D eigenvalue weighted by atomic mass is 9.68. The number of nitrogens with one attached hydrogen (secondary N) is 1. The fourth-order valence-corrected chi connectivity index (χ4v) is 19.1. The largest absolute Gasteiger partial charge is 0.414 e. The SMILES string of the molecule is CC(C)[Si]1(C(C)C)OC2[C@H](O[Si](C(C)C)(C(C)C)O1)C1O[C@@H](O)C[C@@]2(NOCc2ccccc2)[C@H](C#N)C1Br. The molecule has 0 aromatic heterocycles. The molecule has 1 saturated carbocycles. The summed E-state index contributed by atoms with van der Waals surface area (Å²) in [5, 5.41) is 21.7. The topological polar surface area (TPSA) is 102 Å². The number of nitrogens with zero attached hydrogens (tertiary/aromatic N) is 1. The van der Waals surface area contributed by atoms with E-state index in [0.717, 1.165) is 5.56 Å². The van der Waals surface area contributed by atoms with E-state index in [1.165, 1.54) is 0 Å². The van der Waals surface area contributed by atoms with Gasteiger partial charge >= 0.3 is 17.1 Å². The first-order valence-electron chi connectivity index (χ1n) is 14.2. The number of nitriles is 1. The quantitative estimate of drug-likeness (QED) is 0.209. The van der Waals surface area contributed by atoms with Gasteiger partial charge in [0.15, 0.2) is 6.29 Å². The molecule has 39 heavy (non-hydrogen) atoms. The summed E-state index contributed by atoms with van der Waals surface area (Å²) in [5.74, 6) is -0.626. The zero-order chi connectivity index (χ0) is 28.8. The highest BCUT2D eigenvalue weighted by Gasteiger charge is 2.71.